The molecular weight excluding hydrogens is 548 g/mol. The highest BCUT2D eigenvalue weighted by Crippen LogP contribution is 2.32. The number of aliphatic imine (C=N–C) groups is 1. The summed E-state index contributed by atoms with van der Waals surface area (Å²) in [6.45, 7) is 5.36. The first-order valence-corrected chi connectivity index (χ1v) is 15.1. The first kappa shape index (κ1) is 29.7. The van der Waals surface area contributed by atoms with E-state index in [-0.39, 0.29) is 49.1 Å². The predicted octanol–water partition coefficient (Wildman–Crippen LogP) is 3.69. The van der Waals surface area contributed by atoms with Crippen molar-refractivity contribution in [1.82, 2.24) is 10.3 Å². The minimum atomic E-state index is -1.05. The molecule has 11 heteroatoms. The Balaban J connectivity index is 1.53. The monoisotopic (exact) mass is 582 g/mol. The van der Waals surface area contributed by atoms with Gasteiger partial charge in [0.2, 0.25) is 5.91 Å². The molecule has 1 amide bonds. The highest BCUT2D eigenvalue weighted by Gasteiger charge is 2.41. The largest absolute Gasteiger partial charge is 0.456 e. The standard InChI is InChI=1S/C29H34N4O5S2/c1-17(2)25-27(36)38-21(9-6-8-19(34)13-18-7-4-5-10-22(18)30)14-20(35)11-12-24-31-23(15-39-24)26-33-29(3,16-40-26)28(37)32-25/h4-7,9-10,15,17,21,25H,8,11-14,16,30H2,1-3H3,(H,32,37)/b9-6+/t21?,25-,29-/m0/s1. The molecule has 0 radical (unpaired) electrons. The van der Waals surface area contributed by atoms with Crippen LogP contribution in [0.2, 0.25) is 0 Å². The van der Waals surface area contributed by atoms with Gasteiger partial charge in [-0.2, -0.15) is 0 Å². The normalized spacial score (nSPS) is 24.2. The molecule has 2 aliphatic rings. The van der Waals surface area contributed by atoms with Crippen LogP contribution in [0.25, 0.3) is 0 Å². The smallest absolute Gasteiger partial charge is 0.329 e. The number of nitrogens with one attached hydrogen (secondary N) is 1. The van der Waals surface area contributed by atoms with Gasteiger partial charge < -0.3 is 15.8 Å². The van der Waals surface area contributed by atoms with E-state index in [1.54, 1.807) is 25.1 Å². The first-order chi connectivity index (χ1) is 19.0. The fraction of sp³-hybridized carbons (Fsp3) is 0.448. The van der Waals surface area contributed by atoms with Crippen molar-refractivity contribution in [2.75, 3.05) is 11.5 Å². The van der Waals surface area contributed by atoms with Crippen LogP contribution < -0.4 is 11.1 Å². The lowest BCUT2D eigenvalue weighted by Gasteiger charge is -2.27. The average Bonchev–Trinajstić information content (AvgIpc) is 3.54. The lowest BCUT2D eigenvalue weighted by atomic mass is 10.00. The lowest BCUT2D eigenvalue weighted by Crippen LogP contribution is -2.53. The number of cyclic esters (lactones) is 1. The maximum Gasteiger partial charge on any atom is 0.329 e. The molecule has 4 rings (SSSR count). The number of hydrogen-bond donors (Lipinski definition) is 2. The summed E-state index contributed by atoms with van der Waals surface area (Å²) in [5, 5.41) is 6.20. The fourth-order valence-corrected chi connectivity index (χ4v) is 6.33. The van der Waals surface area contributed by atoms with Gasteiger partial charge >= 0.3 is 5.97 Å². The van der Waals surface area contributed by atoms with Gasteiger partial charge in [-0.05, 0) is 30.5 Å². The minimum absolute atomic E-state index is 0.0423. The molecule has 3 N–H and O–H groups in total. The summed E-state index contributed by atoms with van der Waals surface area (Å²) in [4.78, 5) is 61.3. The van der Waals surface area contributed by atoms with E-state index in [9.17, 15) is 19.2 Å². The predicted molar refractivity (Wildman–Crippen MR) is 157 cm³/mol. The molecule has 40 heavy (non-hydrogen) atoms. The number of benzene rings is 1. The van der Waals surface area contributed by atoms with Crippen molar-refractivity contribution < 1.29 is 23.9 Å². The molecule has 212 valence electrons. The number of ether oxygens (including phenoxy) is 1. The highest BCUT2D eigenvalue weighted by molar-refractivity contribution is 8.14. The Morgan fingerprint density at radius 1 is 1.25 bits per heavy atom. The van der Waals surface area contributed by atoms with E-state index in [0.717, 1.165) is 10.6 Å². The number of nitrogens with zero attached hydrogens (tertiary/aromatic N) is 2. The topological polar surface area (TPSA) is 141 Å². The van der Waals surface area contributed by atoms with Gasteiger partial charge in [0.05, 0.1) is 5.01 Å². The summed E-state index contributed by atoms with van der Waals surface area (Å²) >= 11 is 2.90. The van der Waals surface area contributed by atoms with Gasteiger partial charge in [-0.1, -0.05) is 38.1 Å². The second kappa shape index (κ2) is 12.9. The van der Waals surface area contributed by atoms with Crippen LogP contribution in [0.4, 0.5) is 5.69 Å². The van der Waals surface area contributed by atoms with Gasteiger partial charge in [-0.3, -0.25) is 19.4 Å². The van der Waals surface area contributed by atoms with E-state index >= 15 is 0 Å². The molecule has 0 fully saturated rings. The molecular formula is C29H34N4O5S2. The molecule has 1 unspecified atom stereocenters. The van der Waals surface area contributed by atoms with Gasteiger partial charge in [0.1, 0.15) is 40.0 Å². The quantitative estimate of drug-likeness (QED) is 0.299. The Labute approximate surface area is 242 Å². The van der Waals surface area contributed by atoms with Gasteiger partial charge in [0.25, 0.3) is 0 Å². The van der Waals surface area contributed by atoms with Crippen molar-refractivity contribution in [1.29, 1.82) is 0 Å². The van der Waals surface area contributed by atoms with Crippen LogP contribution in [0, 0.1) is 5.92 Å². The fourth-order valence-electron chi connectivity index (χ4n) is 4.34. The van der Waals surface area contributed by atoms with Crippen LogP contribution in [-0.4, -0.2) is 56.9 Å². The molecule has 0 aliphatic carbocycles. The summed E-state index contributed by atoms with van der Waals surface area (Å²) in [6.07, 6.45) is 3.25. The molecule has 1 aromatic carbocycles. The Bertz CT molecular complexity index is 1350. The van der Waals surface area contributed by atoms with Gasteiger partial charge in [0, 0.05) is 48.9 Å². The van der Waals surface area contributed by atoms with E-state index in [4.69, 9.17) is 10.5 Å². The number of anilines is 1. The van der Waals surface area contributed by atoms with E-state index in [1.807, 2.05) is 37.4 Å². The van der Waals surface area contributed by atoms with Crippen LogP contribution in [-0.2, 0) is 36.8 Å². The molecule has 9 nitrogen and oxygen atoms in total. The number of hydrogen-bond acceptors (Lipinski definition) is 10. The number of Topliss-reactive ketones (excluding diaryl/α,β-unsaturated/α-hetero) is 2. The molecule has 4 bridgehead atoms. The van der Waals surface area contributed by atoms with E-state index in [1.165, 1.54) is 23.1 Å². The zero-order chi connectivity index (χ0) is 28.9. The van der Waals surface area contributed by atoms with Crippen LogP contribution in [0.5, 0.6) is 0 Å². The number of aryl methyl sites for hydroxylation is 1. The number of ketones is 2. The van der Waals surface area contributed by atoms with Crippen LogP contribution in [0.15, 0.2) is 46.8 Å². The van der Waals surface area contributed by atoms with Crippen molar-refractivity contribution in [3.8, 4) is 0 Å². The zero-order valence-electron chi connectivity index (χ0n) is 22.8. The number of aromatic nitrogens is 1. The molecule has 1 aromatic heterocycles. The third-order valence-corrected chi connectivity index (χ3v) is 8.95. The third kappa shape index (κ3) is 7.45. The van der Waals surface area contributed by atoms with Crippen LogP contribution >= 0.6 is 23.1 Å². The third-order valence-electron chi connectivity index (χ3n) is 6.76. The molecule has 0 spiro atoms. The zero-order valence-corrected chi connectivity index (χ0v) is 24.5. The van der Waals surface area contributed by atoms with Crippen LogP contribution in [0.1, 0.15) is 56.3 Å². The molecule has 0 saturated carbocycles. The molecule has 3 heterocycles. The Morgan fingerprint density at radius 3 is 2.77 bits per heavy atom. The molecule has 2 aliphatic heterocycles. The number of carbonyl (C=O) groups is 4. The van der Waals surface area contributed by atoms with Crippen molar-refractivity contribution in [3.05, 3.63) is 58.1 Å². The summed E-state index contributed by atoms with van der Waals surface area (Å²) in [5.41, 5.74) is 6.90. The molecule has 2 aromatic rings. The van der Waals surface area contributed by atoms with Crippen LogP contribution in [0.3, 0.4) is 0 Å². The van der Waals surface area contributed by atoms with Gasteiger partial charge in [-0.25, -0.2) is 9.78 Å². The number of thioether (sulfide) groups is 1. The van der Waals surface area contributed by atoms with Gasteiger partial charge in [-0.15, -0.1) is 23.1 Å². The number of amides is 1. The maximum atomic E-state index is 13.3. The second-order valence-electron chi connectivity index (χ2n) is 10.6. The SMILES string of the molecule is CC(C)[C@@H]1NC(=O)[C@]2(C)CSC(=N2)c2csc(n2)CCC(=O)CC(/C=C/CC(=O)Cc2ccccc2N)OC1=O. The summed E-state index contributed by atoms with van der Waals surface area (Å²) in [7, 11) is 0. The number of rotatable bonds is 6. The maximum absolute atomic E-state index is 13.3. The number of carbonyl (C=O) groups excluding carboxylic acids is 4. The summed E-state index contributed by atoms with van der Waals surface area (Å²) in [5.74, 6) is -1.01. The summed E-state index contributed by atoms with van der Waals surface area (Å²) < 4.78 is 5.76. The molecule has 0 saturated heterocycles. The first-order valence-electron chi connectivity index (χ1n) is 13.3. The van der Waals surface area contributed by atoms with E-state index < -0.39 is 23.7 Å². The number of nitrogen functional groups attached to an aromatic ring is 1. The number of allylic oxidation sites excluding steroid dienone is 1. The lowest BCUT2D eigenvalue weighted by molar-refractivity contribution is -0.153. The Hall–Kier alpha value is -3.31. The minimum Gasteiger partial charge on any atom is -0.456 e. The Kier molecular flexibility index (Phi) is 9.57. The van der Waals surface area contributed by atoms with E-state index in [0.29, 0.717) is 28.6 Å². The molecule has 3 atom stereocenters. The highest BCUT2D eigenvalue weighted by atomic mass is 32.2. The van der Waals surface area contributed by atoms with Crippen molar-refractivity contribution >= 4 is 57.3 Å². The Morgan fingerprint density at radius 2 is 2.02 bits per heavy atom. The second-order valence-corrected chi connectivity index (χ2v) is 12.5. The number of para-hydroxylation sites is 1. The van der Waals surface area contributed by atoms with Gasteiger partial charge in [0.15, 0.2) is 0 Å². The van der Waals surface area contributed by atoms with E-state index in [2.05, 4.69) is 15.3 Å². The number of esters is 1. The van der Waals surface area contributed by atoms with Crippen molar-refractivity contribution in [2.24, 2.45) is 10.9 Å². The van der Waals surface area contributed by atoms with Crippen molar-refractivity contribution in [3.63, 3.8) is 0 Å². The summed E-state index contributed by atoms with van der Waals surface area (Å²) in [6, 6.07) is 6.26. The van der Waals surface area contributed by atoms with Crippen molar-refractivity contribution in [2.45, 2.75) is 70.6 Å². The number of nitrogens with two attached hydrogens (primary N) is 1. The number of fused-ring (bicyclic) bond motifs is 4. The average molecular weight is 583 g/mol. The number of thiazole rings is 1.